The van der Waals surface area contributed by atoms with Crippen LogP contribution in [-0.4, -0.2) is 26.7 Å². The highest BCUT2D eigenvalue weighted by Crippen LogP contribution is 2.35. The first kappa shape index (κ1) is 14.6. The maximum absolute atomic E-state index is 13.0. The van der Waals surface area contributed by atoms with Crippen molar-refractivity contribution in [3.8, 4) is 0 Å². The Balaban J connectivity index is 1.76. The zero-order valence-corrected chi connectivity index (χ0v) is 14.2. The Hall–Kier alpha value is -1.99. The minimum atomic E-state index is -0.285. The second-order valence-electron chi connectivity index (χ2n) is 5.50. The van der Waals surface area contributed by atoms with Crippen LogP contribution >= 0.6 is 22.7 Å². The molecule has 0 saturated heterocycles. The van der Waals surface area contributed by atoms with Crippen LogP contribution in [0, 0.1) is 0 Å². The molecule has 1 unspecified atom stereocenters. The van der Waals surface area contributed by atoms with Crippen molar-refractivity contribution < 1.29 is 4.79 Å². The van der Waals surface area contributed by atoms with Crippen LogP contribution in [0.4, 0.5) is 0 Å². The summed E-state index contributed by atoms with van der Waals surface area (Å²) in [5, 5.41) is 3.88. The molecule has 0 bridgehead atoms. The SMILES string of the molecule is CCC1c2ccsc2CCN1C(=O)c1cnc2sccn2c1=O. The largest absolute Gasteiger partial charge is 0.331 e. The minimum Gasteiger partial charge on any atom is -0.331 e. The first-order valence-electron chi connectivity index (χ1n) is 7.52. The number of thiophene rings is 1. The number of fused-ring (bicyclic) bond motifs is 2. The van der Waals surface area contributed by atoms with Crippen LogP contribution in [0.15, 0.2) is 34.0 Å². The van der Waals surface area contributed by atoms with Crippen LogP contribution in [0.5, 0.6) is 0 Å². The first-order valence-corrected chi connectivity index (χ1v) is 9.28. The molecule has 0 radical (unpaired) electrons. The van der Waals surface area contributed by atoms with E-state index in [0.29, 0.717) is 11.5 Å². The fourth-order valence-corrected chi connectivity index (χ4v) is 4.81. The third kappa shape index (κ3) is 2.22. The summed E-state index contributed by atoms with van der Waals surface area (Å²) in [4.78, 5) is 33.5. The molecule has 3 aromatic heterocycles. The van der Waals surface area contributed by atoms with Gasteiger partial charge in [-0.25, -0.2) is 4.98 Å². The van der Waals surface area contributed by atoms with Gasteiger partial charge in [-0.2, -0.15) is 0 Å². The van der Waals surface area contributed by atoms with Gasteiger partial charge in [0.25, 0.3) is 11.5 Å². The average molecular weight is 345 g/mol. The average Bonchev–Trinajstić information content (AvgIpc) is 3.22. The number of carbonyl (C=O) groups excluding carboxylic acids is 1. The van der Waals surface area contributed by atoms with Gasteiger partial charge >= 0.3 is 0 Å². The van der Waals surface area contributed by atoms with E-state index in [-0.39, 0.29) is 23.1 Å². The number of nitrogens with zero attached hydrogens (tertiary/aromatic N) is 3. The number of carbonyl (C=O) groups is 1. The van der Waals surface area contributed by atoms with Crippen molar-refractivity contribution in [2.24, 2.45) is 0 Å². The Morgan fingerprint density at radius 3 is 3.09 bits per heavy atom. The third-order valence-electron chi connectivity index (χ3n) is 4.32. The summed E-state index contributed by atoms with van der Waals surface area (Å²) in [6, 6.07) is 2.14. The lowest BCUT2D eigenvalue weighted by atomic mass is 9.97. The van der Waals surface area contributed by atoms with E-state index >= 15 is 0 Å². The fourth-order valence-electron chi connectivity index (χ4n) is 3.21. The summed E-state index contributed by atoms with van der Waals surface area (Å²) in [5.41, 5.74) is 1.09. The molecule has 1 atom stereocenters. The Bertz CT molecular complexity index is 940. The zero-order chi connectivity index (χ0) is 16.0. The number of hydrogen-bond donors (Lipinski definition) is 0. The van der Waals surface area contributed by atoms with E-state index in [9.17, 15) is 9.59 Å². The number of thiazole rings is 1. The van der Waals surface area contributed by atoms with E-state index in [2.05, 4.69) is 23.4 Å². The quantitative estimate of drug-likeness (QED) is 0.717. The molecule has 0 fully saturated rings. The predicted molar refractivity (Wildman–Crippen MR) is 91.4 cm³/mol. The van der Waals surface area contributed by atoms with Gasteiger partial charge in [0.05, 0.1) is 6.04 Å². The summed E-state index contributed by atoms with van der Waals surface area (Å²) in [7, 11) is 0. The molecule has 7 heteroatoms. The Kier molecular flexibility index (Phi) is 3.54. The third-order valence-corrected chi connectivity index (χ3v) is 6.08. The lowest BCUT2D eigenvalue weighted by molar-refractivity contribution is 0.0655. The van der Waals surface area contributed by atoms with E-state index < -0.39 is 0 Å². The van der Waals surface area contributed by atoms with Gasteiger partial charge in [0.1, 0.15) is 5.56 Å². The maximum atomic E-state index is 13.0. The van der Waals surface area contributed by atoms with Gasteiger partial charge in [0.2, 0.25) is 0 Å². The van der Waals surface area contributed by atoms with Gasteiger partial charge in [-0.3, -0.25) is 14.0 Å². The van der Waals surface area contributed by atoms with Crippen molar-refractivity contribution >= 4 is 33.5 Å². The molecule has 3 aromatic rings. The van der Waals surface area contributed by atoms with Crippen LogP contribution < -0.4 is 5.56 Å². The second-order valence-corrected chi connectivity index (χ2v) is 7.38. The molecule has 5 nitrogen and oxygen atoms in total. The molecule has 118 valence electrons. The topological polar surface area (TPSA) is 54.7 Å². The molecule has 4 heterocycles. The van der Waals surface area contributed by atoms with Crippen molar-refractivity contribution in [1.29, 1.82) is 0 Å². The van der Waals surface area contributed by atoms with Gasteiger partial charge in [-0.1, -0.05) is 6.92 Å². The molecule has 23 heavy (non-hydrogen) atoms. The smallest absolute Gasteiger partial charge is 0.271 e. The van der Waals surface area contributed by atoms with E-state index in [1.165, 1.54) is 32.4 Å². The molecule has 0 aliphatic carbocycles. The van der Waals surface area contributed by atoms with E-state index in [1.54, 1.807) is 22.9 Å². The van der Waals surface area contributed by atoms with E-state index in [0.717, 1.165) is 12.8 Å². The number of aromatic nitrogens is 2. The minimum absolute atomic E-state index is 0.0417. The van der Waals surface area contributed by atoms with Crippen LogP contribution in [-0.2, 0) is 6.42 Å². The van der Waals surface area contributed by atoms with Gasteiger partial charge < -0.3 is 4.90 Å². The lowest BCUT2D eigenvalue weighted by Crippen LogP contribution is -2.41. The standard InChI is InChI=1S/C16H15N3O2S2/c1-2-12-10-4-7-22-13(10)3-5-18(12)14(20)11-9-17-16-19(15(11)21)6-8-23-16/h4,6-9,12H,2-3,5H2,1H3. The van der Waals surface area contributed by atoms with Crippen molar-refractivity contribution in [1.82, 2.24) is 14.3 Å². The second kappa shape index (κ2) is 5.58. The van der Waals surface area contributed by atoms with Crippen molar-refractivity contribution in [3.05, 3.63) is 55.6 Å². The molecule has 1 aliphatic heterocycles. The van der Waals surface area contributed by atoms with Crippen LogP contribution in [0.25, 0.3) is 4.96 Å². The Morgan fingerprint density at radius 2 is 2.26 bits per heavy atom. The maximum Gasteiger partial charge on any atom is 0.271 e. The zero-order valence-electron chi connectivity index (χ0n) is 12.6. The Morgan fingerprint density at radius 1 is 1.39 bits per heavy atom. The number of hydrogen-bond acceptors (Lipinski definition) is 5. The summed E-state index contributed by atoms with van der Waals surface area (Å²) in [6.45, 7) is 2.72. The summed E-state index contributed by atoms with van der Waals surface area (Å²) >= 11 is 3.13. The summed E-state index contributed by atoms with van der Waals surface area (Å²) < 4.78 is 1.44. The monoisotopic (exact) mass is 345 g/mol. The Labute approximate surface area is 140 Å². The first-order chi connectivity index (χ1) is 11.2. The molecule has 4 rings (SSSR count). The molecular weight excluding hydrogens is 330 g/mol. The van der Waals surface area contributed by atoms with Crippen LogP contribution in [0.1, 0.15) is 40.2 Å². The number of rotatable bonds is 2. The molecule has 0 N–H and O–H groups in total. The molecular formula is C16H15N3O2S2. The van der Waals surface area contributed by atoms with Gasteiger partial charge in [-0.05, 0) is 29.9 Å². The molecule has 0 aromatic carbocycles. The molecule has 1 aliphatic rings. The van der Waals surface area contributed by atoms with Crippen molar-refractivity contribution in [3.63, 3.8) is 0 Å². The molecule has 0 spiro atoms. The van der Waals surface area contributed by atoms with Gasteiger partial charge in [0.15, 0.2) is 4.96 Å². The normalized spacial score (nSPS) is 17.4. The predicted octanol–water partition coefficient (Wildman–Crippen LogP) is 2.97. The van der Waals surface area contributed by atoms with Gasteiger partial charge in [0, 0.05) is 29.2 Å². The van der Waals surface area contributed by atoms with Crippen LogP contribution in [0.3, 0.4) is 0 Å². The molecule has 1 amide bonds. The highest BCUT2D eigenvalue weighted by atomic mass is 32.1. The summed E-state index contributed by atoms with van der Waals surface area (Å²) in [6.07, 6.45) is 4.78. The highest BCUT2D eigenvalue weighted by Gasteiger charge is 2.32. The number of amides is 1. The fraction of sp³-hybridized carbons (Fsp3) is 0.312. The summed E-state index contributed by atoms with van der Waals surface area (Å²) in [5.74, 6) is -0.216. The lowest BCUT2D eigenvalue weighted by Gasteiger charge is -2.35. The van der Waals surface area contributed by atoms with E-state index in [1.807, 2.05) is 4.90 Å². The highest BCUT2D eigenvalue weighted by molar-refractivity contribution is 7.15. The molecule has 0 saturated carbocycles. The van der Waals surface area contributed by atoms with Crippen molar-refractivity contribution in [2.45, 2.75) is 25.8 Å². The van der Waals surface area contributed by atoms with Gasteiger partial charge in [-0.15, -0.1) is 22.7 Å². The van der Waals surface area contributed by atoms with Crippen molar-refractivity contribution in [2.75, 3.05) is 6.54 Å². The van der Waals surface area contributed by atoms with Crippen LogP contribution in [0.2, 0.25) is 0 Å². The van der Waals surface area contributed by atoms with E-state index in [4.69, 9.17) is 0 Å².